The summed E-state index contributed by atoms with van der Waals surface area (Å²) in [6.07, 6.45) is -3.40. The maximum atomic E-state index is 13.4. The fraction of sp³-hybridized carbons (Fsp3) is 0.167. The van der Waals surface area contributed by atoms with Crippen LogP contribution in [0.3, 0.4) is 0 Å². The van der Waals surface area contributed by atoms with Gasteiger partial charge in [-0.1, -0.05) is 5.16 Å². The summed E-state index contributed by atoms with van der Waals surface area (Å²) >= 11 is 0. The van der Waals surface area contributed by atoms with Crippen LogP contribution in [0, 0.1) is 5.82 Å². The summed E-state index contributed by atoms with van der Waals surface area (Å²) in [5.74, 6) is -0.954. The Morgan fingerprint density at radius 2 is 2.05 bits per heavy atom. The summed E-state index contributed by atoms with van der Waals surface area (Å²) in [6, 6.07) is 4.39. The summed E-state index contributed by atoms with van der Waals surface area (Å²) in [4.78, 5) is 0. The van der Waals surface area contributed by atoms with Crippen molar-refractivity contribution in [1.82, 2.24) is 9.78 Å². The van der Waals surface area contributed by atoms with Crippen LogP contribution in [0.5, 0.6) is 0 Å². The van der Waals surface area contributed by atoms with Crippen molar-refractivity contribution in [2.45, 2.75) is 12.7 Å². The largest absolute Gasteiger partial charge is 0.435 e. The lowest BCUT2D eigenvalue weighted by molar-refractivity contribution is -0.141. The van der Waals surface area contributed by atoms with Gasteiger partial charge in [0.1, 0.15) is 5.82 Å². The van der Waals surface area contributed by atoms with Crippen LogP contribution in [-0.4, -0.2) is 20.8 Å². The summed E-state index contributed by atoms with van der Waals surface area (Å²) in [6.45, 7) is -0.0838. The van der Waals surface area contributed by atoms with Gasteiger partial charge in [-0.05, 0) is 29.8 Å². The molecule has 3 N–H and O–H groups in total. The molecule has 1 aromatic heterocycles. The molecule has 0 saturated carbocycles. The number of amidine groups is 1. The average Bonchev–Trinajstić information content (AvgIpc) is 2.85. The zero-order valence-electron chi connectivity index (χ0n) is 10.5. The van der Waals surface area contributed by atoms with Gasteiger partial charge in [0.25, 0.3) is 0 Å². The molecule has 0 spiro atoms. The number of hydrogen-bond donors (Lipinski definition) is 2. The highest BCUT2D eigenvalue weighted by Crippen LogP contribution is 2.27. The molecule has 1 aromatic carbocycles. The molecule has 9 heteroatoms. The number of aromatic nitrogens is 2. The van der Waals surface area contributed by atoms with Crippen LogP contribution in [0.4, 0.5) is 17.6 Å². The minimum Gasteiger partial charge on any atom is -0.409 e. The molecule has 0 aliphatic rings. The number of halogens is 4. The van der Waals surface area contributed by atoms with Gasteiger partial charge in [0.05, 0.1) is 6.54 Å². The van der Waals surface area contributed by atoms with Crippen molar-refractivity contribution in [3.63, 3.8) is 0 Å². The van der Waals surface area contributed by atoms with Gasteiger partial charge >= 0.3 is 6.18 Å². The summed E-state index contributed by atoms with van der Waals surface area (Å²) in [7, 11) is 0. The van der Waals surface area contributed by atoms with Gasteiger partial charge in [0, 0.05) is 11.8 Å². The molecule has 0 aliphatic carbocycles. The van der Waals surface area contributed by atoms with Crippen LogP contribution >= 0.6 is 0 Å². The third kappa shape index (κ3) is 3.50. The topological polar surface area (TPSA) is 76.4 Å². The van der Waals surface area contributed by atoms with E-state index < -0.39 is 17.7 Å². The number of nitrogens with zero attached hydrogens (tertiary/aromatic N) is 3. The van der Waals surface area contributed by atoms with E-state index in [4.69, 9.17) is 10.9 Å². The zero-order chi connectivity index (χ0) is 15.6. The molecule has 2 aromatic rings. The Bertz CT molecular complexity index is 678. The second-order valence-electron chi connectivity index (χ2n) is 4.23. The van der Waals surface area contributed by atoms with E-state index in [-0.39, 0.29) is 17.9 Å². The maximum absolute atomic E-state index is 13.4. The van der Waals surface area contributed by atoms with E-state index >= 15 is 0 Å². The molecule has 1 heterocycles. The van der Waals surface area contributed by atoms with Crippen LogP contribution in [0.25, 0.3) is 0 Å². The first kappa shape index (κ1) is 14.8. The summed E-state index contributed by atoms with van der Waals surface area (Å²) < 4.78 is 51.7. The first-order valence-corrected chi connectivity index (χ1v) is 5.67. The molecular formula is C12H10F4N4O. The Morgan fingerprint density at radius 1 is 1.33 bits per heavy atom. The molecule has 0 saturated heterocycles. The SMILES string of the molecule is N/C(=N/O)c1cc(F)cc(Cn2ccc(C(F)(F)F)n2)c1. The van der Waals surface area contributed by atoms with Gasteiger partial charge in [0.2, 0.25) is 0 Å². The average molecular weight is 302 g/mol. The van der Waals surface area contributed by atoms with E-state index in [1.54, 1.807) is 0 Å². The van der Waals surface area contributed by atoms with Crippen molar-refractivity contribution in [2.24, 2.45) is 10.9 Å². The van der Waals surface area contributed by atoms with Gasteiger partial charge < -0.3 is 10.9 Å². The smallest absolute Gasteiger partial charge is 0.409 e. The Balaban J connectivity index is 2.27. The second-order valence-corrected chi connectivity index (χ2v) is 4.23. The second kappa shape index (κ2) is 5.43. The number of alkyl halides is 3. The van der Waals surface area contributed by atoms with Crippen molar-refractivity contribution < 1.29 is 22.8 Å². The van der Waals surface area contributed by atoms with Crippen molar-refractivity contribution in [2.75, 3.05) is 0 Å². The molecule has 0 radical (unpaired) electrons. The quantitative estimate of drug-likeness (QED) is 0.300. The van der Waals surface area contributed by atoms with Crippen LogP contribution < -0.4 is 5.73 Å². The number of hydrogen-bond acceptors (Lipinski definition) is 3. The van der Waals surface area contributed by atoms with Gasteiger partial charge in [-0.25, -0.2) is 4.39 Å². The third-order valence-corrected chi connectivity index (χ3v) is 2.64. The lowest BCUT2D eigenvalue weighted by Gasteiger charge is -2.06. The number of benzene rings is 1. The van der Waals surface area contributed by atoms with Crippen molar-refractivity contribution in [1.29, 1.82) is 0 Å². The van der Waals surface area contributed by atoms with Crippen molar-refractivity contribution in [3.8, 4) is 0 Å². The molecule has 0 aliphatic heterocycles. The van der Waals surface area contributed by atoms with Crippen LogP contribution in [-0.2, 0) is 12.7 Å². The Labute approximate surface area is 116 Å². The summed E-state index contributed by atoms with van der Waals surface area (Å²) in [5, 5.41) is 14.7. The Kier molecular flexibility index (Phi) is 3.83. The fourth-order valence-electron chi connectivity index (χ4n) is 1.74. The number of rotatable bonds is 3. The summed E-state index contributed by atoms with van der Waals surface area (Å²) in [5.41, 5.74) is 4.77. The minimum atomic E-state index is -4.54. The first-order chi connectivity index (χ1) is 9.79. The molecule has 0 amide bonds. The molecule has 5 nitrogen and oxygen atoms in total. The molecular weight excluding hydrogens is 292 g/mol. The number of nitrogens with two attached hydrogens (primary N) is 1. The van der Waals surface area contributed by atoms with E-state index in [0.717, 1.165) is 29.1 Å². The van der Waals surface area contributed by atoms with Gasteiger partial charge in [0.15, 0.2) is 11.5 Å². The molecule has 21 heavy (non-hydrogen) atoms. The van der Waals surface area contributed by atoms with Crippen LogP contribution in [0.1, 0.15) is 16.8 Å². The molecule has 112 valence electrons. The van der Waals surface area contributed by atoms with Gasteiger partial charge in [-0.15, -0.1) is 0 Å². The Morgan fingerprint density at radius 3 is 2.62 bits per heavy atom. The predicted molar refractivity (Wildman–Crippen MR) is 65.2 cm³/mol. The third-order valence-electron chi connectivity index (χ3n) is 2.64. The molecule has 0 bridgehead atoms. The van der Waals surface area contributed by atoms with E-state index in [1.807, 2.05) is 0 Å². The molecule has 0 unspecified atom stereocenters. The fourth-order valence-corrected chi connectivity index (χ4v) is 1.74. The van der Waals surface area contributed by atoms with E-state index in [2.05, 4.69) is 10.3 Å². The van der Waals surface area contributed by atoms with Gasteiger partial charge in [-0.3, -0.25) is 4.68 Å². The maximum Gasteiger partial charge on any atom is 0.435 e. The minimum absolute atomic E-state index is 0.0838. The molecule has 0 fully saturated rings. The zero-order valence-corrected chi connectivity index (χ0v) is 10.5. The predicted octanol–water partition coefficient (Wildman–Crippen LogP) is 2.18. The lowest BCUT2D eigenvalue weighted by Crippen LogP contribution is -2.14. The lowest BCUT2D eigenvalue weighted by atomic mass is 10.1. The van der Waals surface area contributed by atoms with Crippen LogP contribution in [0.2, 0.25) is 0 Å². The van der Waals surface area contributed by atoms with Gasteiger partial charge in [-0.2, -0.15) is 18.3 Å². The highest BCUT2D eigenvalue weighted by atomic mass is 19.4. The highest BCUT2D eigenvalue weighted by molar-refractivity contribution is 5.97. The van der Waals surface area contributed by atoms with E-state index in [9.17, 15) is 17.6 Å². The standard InChI is InChI=1S/C12H10F4N4O/c13-9-4-7(3-8(5-9)11(17)19-21)6-20-2-1-10(18-20)12(14,15)16/h1-5,21H,6H2,(H2,17,19). The normalized spacial score (nSPS) is 12.7. The van der Waals surface area contributed by atoms with Crippen LogP contribution in [0.15, 0.2) is 35.6 Å². The highest BCUT2D eigenvalue weighted by Gasteiger charge is 2.33. The molecule has 2 rings (SSSR count). The first-order valence-electron chi connectivity index (χ1n) is 5.67. The van der Waals surface area contributed by atoms with Crippen molar-refractivity contribution in [3.05, 3.63) is 53.1 Å². The monoisotopic (exact) mass is 302 g/mol. The van der Waals surface area contributed by atoms with Crippen molar-refractivity contribution >= 4 is 5.84 Å². The van der Waals surface area contributed by atoms with E-state index in [0.29, 0.717) is 5.56 Å². The van der Waals surface area contributed by atoms with E-state index in [1.165, 1.54) is 6.07 Å². The number of oxime groups is 1. The molecule has 0 atom stereocenters. The Hall–Kier alpha value is -2.58.